The second-order valence-corrected chi connectivity index (χ2v) is 8.75. The third-order valence-corrected chi connectivity index (χ3v) is 6.56. The van der Waals surface area contributed by atoms with Crippen LogP contribution in [0.4, 0.5) is 0 Å². The number of ketones is 1. The van der Waals surface area contributed by atoms with Crippen molar-refractivity contribution in [3.05, 3.63) is 63.8 Å². The maximum atomic E-state index is 12.2. The number of carbonyl (C=O) groups excluding carboxylic acids is 2. The first-order valence-electron chi connectivity index (χ1n) is 10.0. The molecule has 31 heavy (non-hydrogen) atoms. The molecule has 0 spiro atoms. The van der Waals surface area contributed by atoms with Crippen LogP contribution in [0.5, 0.6) is 5.75 Å². The van der Waals surface area contributed by atoms with E-state index in [2.05, 4.69) is 10.4 Å². The lowest BCUT2D eigenvalue weighted by atomic mass is 10.1. The number of fused-ring (bicyclic) bond motifs is 1. The van der Waals surface area contributed by atoms with Crippen LogP contribution in [0.3, 0.4) is 0 Å². The van der Waals surface area contributed by atoms with Crippen LogP contribution in [-0.2, 0) is 17.8 Å². The van der Waals surface area contributed by atoms with Crippen LogP contribution >= 0.6 is 22.9 Å². The fourth-order valence-electron chi connectivity index (χ4n) is 3.51. The maximum Gasteiger partial charge on any atom is 0.244 e. The molecular formula is C23H22ClN3O3S. The number of ether oxygens (including phenoxy) is 1. The molecule has 0 aliphatic carbocycles. The SMILES string of the molecule is CCn1nccc1/C=C/C(=O)NCC1Cc2cc(-c3ccc(C(C)=O)s3)cc(Cl)c2O1. The highest BCUT2D eigenvalue weighted by Crippen LogP contribution is 2.41. The van der Waals surface area contributed by atoms with Gasteiger partial charge in [-0.2, -0.15) is 5.10 Å². The molecule has 4 rings (SSSR count). The Labute approximate surface area is 189 Å². The Morgan fingerprint density at radius 1 is 1.35 bits per heavy atom. The summed E-state index contributed by atoms with van der Waals surface area (Å²) in [4.78, 5) is 25.5. The molecule has 2 aromatic heterocycles. The summed E-state index contributed by atoms with van der Waals surface area (Å²) >= 11 is 7.91. The van der Waals surface area contributed by atoms with Gasteiger partial charge in [0.1, 0.15) is 11.9 Å². The third-order valence-electron chi connectivity index (χ3n) is 5.05. The first-order chi connectivity index (χ1) is 14.9. The van der Waals surface area contributed by atoms with E-state index < -0.39 is 0 Å². The summed E-state index contributed by atoms with van der Waals surface area (Å²) in [7, 11) is 0. The summed E-state index contributed by atoms with van der Waals surface area (Å²) in [5.74, 6) is 0.525. The average molecular weight is 456 g/mol. The smallest absolute Gasteiger partial charge is 0.244 e. The number of rotatable bonds is 7. The standard InChI is InChI=1S/C23H22ClN3O3S/c1-3-27-17(8-9-26-27)4-7-22(29)25-13-18-11-16-10-15(12-19(24)23(16)30-18)21-6-5-20(31-21)14(2)28/h4-10,12,18H,3,11,13H2,1-2H3,(H,25,29)/b7-4+. The van der Waals surface area contributed by atoms with Crippen LogP contribution in [0.1, 0.15) is 34.8 Å². The fourth-order valence-corrected chi connectivity index (χ4v) is 4.68. The maximum absolute atomic E-state index is 12.2. The lowest BCUT2D eigenvalue weighted by molar-refractivity contribution is -0.116. The minimum absolute atomic E-state index is 0.0517. The van der Waals surface area contributed by atoms with Gasteiger partial charge in [-0.05, 0) is 55.8 Å². The average Bonchev–Trinajstić information content (AvgIpc) is 3.49. The van der Waals surface area contributed by atoms with Crippen molar-refractivity contribution >= 4 is 40.7 Å². The highest BCUT2D eigenvalue weighted by atomic mass is 35.5. The van der Waals surface area contributed by atoms with E-state index in [0.717, 1.165) is 33.1 Å². The van der Waals surface area contributed by atoms with E-state index in [-0.39, 0.29) is 17.8 Å². The first kappa shape index (κ1) is 21.3. The zero-order chi connectivity index (χ0) is 22.0. The Balaban J connectivity index is 1.38. The van der Waals surface area contributed by atoms with Gasteiger partial charge in [0.15, 0.2) is 5.78 Å². The second kappa shape index (κ2) is 9.08. The number of Topliss-reactive ketones (excluding diaryl/α,β-unsaturated/α-hetero) is 1. The zero-order valence-corrected chi connectivity index (χ0v) is 18.8. The van der Waals surface area contributed by atoms with Crippen molar-refractivity contribution in [2.24, 2.45) is 0 Å². The number of hydrogen-bond acceptors (Lipinski definition) is 5. The summed E-state index contributed by atoms with van der Waals surface area (Å²) in [5.41, 5.74) is 2.84. The topological polar surface area (TPSA) is 73.2 Å². The molecule has 1 N–H and O–H groups in total. The Morgan fingerprint density at radius 3 is 2.94 bits per heavy atom. The summed E-state index contributed by atoms with van der Waals surface area (Å²) in [5, 5.41) is 7.59. The van der Waals surface area contributed by atoms with Gasteiger partial charge in [-0.3, -0.25) is 14.3 Å². The van der Waals surface area contributed by atoms with E-state index in [9.17, 15) is 9.59 Å². The predicted molar refractivity (Wildman–Crippen MR) is 123 cm³/mol. The normalized spacial score (nSPS) is 15.1. The zero-order valence-electron chi connectivity index (χ0n) is 17.2. The number of benzene rings is 1. The molecule has 1 aromatic carbocycles. The minimum atomic E-state index is -0.189. The Morgan fingerprint density at radius 2 is 2.19 bits per heavy atom. The largest absolute Gasteiger partial charge is 0.486 e. The van der Waals surface area contributed by atoms with E-state index in [4.69, 9.17) is 16.3 Å². The highest BCUT2D eigenvalue weighted by Gasteiger charge is 2.26. The van der Waals surface area contributed by atoms with E-state index in [1.807, 2.05) is 41.9 Å². The van der Waals surface area contributed by atoms with Gasteiger partial charge in [0, 0.05) is 35.7 Å². The molecule has 1 atom stereocenters. The van der Waals surface area contributed by atoms with Gasteiger partial charge in [-0.15, -0.1) is 11.3 Å². The third kappa shape index (κ3) is 4.73. The second-order valence-electron chi connectivity index (χ2n) is 7.26. The van der Waals surface area contributed by atoms with Crippen molar-refractivity contribution in [3.63, 3.8) is 0 Å². The first-order valence-corrected chi connectivity index (χ1v) is 11.2. The lowest BCUT2D eigenvalue weighted by Gasteiger charge is -2.11. The van der Waals surface area contributed by atoms with Crippen LogP contribution in [0.2, 0.25) is 5.02 Å². The molecule has 0 saturated carbocycles. The van der Waals surface area contributed by atoms with E-state index in [0.29, 0.717) is 23.7 Å². The van der Waals surface area contributed by atoms with Gasteiger partial charge in [0.25, 0.3) is 0 Å². The highest BCUT2D eigenvalue weighted by molar-refractivity contribution is 7.17. The number of nitrogens with zero attached hydrogens (tertiary/aromatic N) is 2. The van der Waals surface area contributed by atoms with Crippen LogP contribution in [0.15, 0.2) is 42.6 Å². The van der Waals surface area contributed by atoms with Crippen molar-refractivity contribution in [2.75, 3.05) is 6.54 Å². The van der Waals surface area contributed by atoms with Gasteiger partial charge in [0.2, 0.25) is 5.91 Å². The molecular weight excluding hydrogens is 434 g/mol. The molecule has 8 heteroatoms. The lowest BCUT2D eigenvalue weighted by Crippen LogP contribution is -2.33. The Kier molecular flexibility index (Phi) is 6.25. The fraction of sp³-hybridized carbons (Fsp3) is 0.261. The van der Waals surface area contributed by atoms with Crippen LogP contribution in [0, 0.1) is 0 Å². The Bertz CT molecular complexity index is 1160. The van der Waals surface area contributed by atoms with Crippen molar-refractivity contribution < 1.29 is 14.3 Å². The molecule has 160 valence electrons. The predicted octanol–water partition coefficient (Wildman–Crippen LogP) is 4.62. The van der Waals surface area contributed by atoms with Crippen LogP contribution < -0.4 is 10.1 Å². The monoisotopic (exact) mass is 455 g/mol. The number of halogens is 1. The molecule has 0 saturated heterocycles. The van der Waals surface area contributed by atoms with Gasteiger partial charge < -0.3 is 10.1 Å². The van der Waals surface area contributed by atoms with Gasteiger partial charge >= 0.3 is 0 Å². The van der Waals surface area contributed by atoms with Gasteiger partial charge in [-0.1, -0.05) is 11.6 Å². The number of aryl methyl sites for hydroxylation is 1. The molecule has 1 unspecified atom stereocenters. The molecule has 0 bridgehead atoms. The summed E-state index contributed by atoms with van der Waals surface area (Å²) in [6.45, 7) is 4.68. The minimum Gasteiger partial charge on any atom is -0.486 e. The molecule has 1 aliphatic heterocycles. The van der Waals surface area contributed by atoms with Crippen LogP contribution in [-0.4, -0.2) is 34.1 Å². The quantitative estimate of drug-likeness (QED) is 0.416. The van der Waals surface area contributed by atoms with Gasteiger partial charge in [0.05, 0.1) is 22.1 Å². The molecule has 0 radical (unpaired) electrons. The molecule has 3 aromatic rings. The summed E-state index contributed by atoms with van der Waals surface area (Å²) in [6.07, 6.45) is 5.42. The van der Waals surface area contributed by atoms with Crippen molar-refractivity contribution in [3.8, 4) is 16.2 Å². The number of amides is 1. The van der Waals surface area contributed by atoms with E-state index in [1.54, 1.807) is 19.2 Å². The van der Waals surface area contributed by atoms with E-state index >= 15 is 0 Å². The number of hydrogen-bond donors (Lipinski definition) is 1. The molecule has 1 amide bonds. The summed E-state index contributed by atoms with van der Waals surface area (Å²) < 4.78 is 7.79. The van der Waals surface area contributed by atoms with Gasteiger partial charge in [-0.25, -0.2) is 0 Å². The van der Waals surface area contributed by atoms with Crippen LogP contribution in [0.25, 0.3) is 16.5 Å². The Hall–Kier alpha value is -2.90. The van der Waals surface area contributed by atoms with Crippen molar-refractivity contribution in [2.45, 2.75) is 32.9 Å². The number of thiophene rings is 1. The van der Waals surface area contributed by atoms with Crippen molar-refractivity contribution in [1.82, 2.24) is 15.1 Å². The number of aromatic nitrogens is 2. The number of nitrogens with one attached hydrogen (secondary N) is 1. The van der Waals surface area contributed by atoms with E-state index in [1.165, 1.54) is 17.4 Å². The molecule has 3 heterocycles. The summed E-state index contributed by atoms with van der Waals surface area (Å²) in [6, 6.07) is 9.53. The molecule has 6 nitrogen and oxygen atoms in total. The molecule has 1 aliphatic rings. The molecule has 0 fully saturated rings. The number of carbonyl (C=O) groups is 2. The van der Waals surface area contributed by atoms with Crippen molar-refractivity contribution in [1.29, 1.82) is 0 Å².